The van der Waals surface area contributed by atoms with Crippen LogP contribution >= 0.6 is 0 Å². The molecule has 3 unspecified atom stereocenters. The maximum absolute atomic E-state index is 12.5. The lowest BCUT2D eigenvalue weighted by Gasteiger charge is -2.24. The molecule has 1 saturated heterocycles. The topological polar surface area (TPSA) is 134 Å². The molecule has 3 atom stereocenters. The van der Waals surface area contributed by atoms with E-state index in [9.17, 15) is 19.5 Å². The quantitative estimate of drug-likeness (QED) is 0.342. The zero-order valence-electron chi connectivity index (χ0n) is 17.0. The van der Waals surface area contributed by atoms with E-state index in [1.807, 2.05) is 13.0 Å². The van der Waals surface area contributed by atoms with Crippen LogP contribution in [0, 0.1) is 6.92 Å². The van der Waals surface area contributed by atoms with Gasteiger partial charge in [-0.3, -0.25) is 14.4 Å². The summed E-state index contributed by atoms with van der Waals surface area (Å²) in [6, 6.07) is 6.71. The smallest absolute Gasteiger partial charge is 0.310 e. The maximum atomic E-state index is 12.5. The zero-order chi connectivity index (χ0) is 21.7. The van der Waals surface area contributed by atoms with Crippen LogP contribution in [-0.4, -0.2) is 65.8 Å². The van der Waals surface area contributed by atoms with Gasteiger partial charge in [-0.15, -0.1) is 0 Å². The summed E-state index contributed by atoms with van der Waals surface area (Å²) in [7, 11) is 0. The number of rotatable bonds is 7. The molecule has 0 spiro atoms. The molecule has 1 aromatic carbocycles. The number of aliphatic hydroxyl groups is 1. The fourth-order valence-electron chi connectivity index (χ4n) is 3.45. The first-order valence-electron chi connectivity index (χ1n) is 9.97. The second-order valence-electron chi connectivity index (χ2n) is 7.75. The Morgan fingerprint density at radius 3 is 2.67 bits per heavy atom. The molecular weight excluding hydrogens is 388 g/mol. The Morgan fingerprint density at radius 1 is 1.27 bits per heavy atom. The van der Waals surface area contributed by atoms with Crippen LogP contribution in [0.1, 0.15) is 24.0 Å². The summed E-state index contributed by atoms with van der Waals surface area (Å²) >= 11 is 0. The van der Waals surface area contributed by atoms with Crippen LogP contribution in [0.3, 0.4) is 0 Å². The number of benzene rings is 1. The summed E-state index contributed by atoms with van der Waals surface area (Å²) in [6.45, 7) is 3.36. The number of ether oxygens (including phenoxy) is 1. The number of carbonyl (C=O) groups excluding carboxylic acids is 3. The van der Waals surface area contributed by atoms with Crippen LogP contribution in [0.15, 0.2) is 35.9 Å². The predicted molar refractivity (Wildman–Crippen MR) is 109 cm³/mol. The van der Waals surface area contributed by atoms with E-state index in [0.29, 0.717) is 19.5 Å². The number of esters is 1. The Hall–Kier alpha value is -2.75. The van der Waals surface area contributed by atoms with Gasteiger partial charge in [-0.1, -0.05) is 35.9 Å². The Morgan fingerprint density at radius 2 is 2.00 bits per heavy atom. The van der Waals surface area contributed by atoms with Crippen molar-refractivity contribution in [2.75, 3.05) is 19.6 Å². The molecule has 162 valence electrons. The van der Waals surface area contributed by atoms with Gasteiger partial charge < -0.3 is 31.1 Å². The third-order valence-electron chi connectivity index (χ3n) is 5.15. The largest absolute Gasteiger partial charge is 0.434 e. The highest BCUT2D eigenvalue weighted by Gasteiger charge is 2.35. The van der Waals surface area contributed by atoms with Gasteiger partial charge in [0.2, 0.25) is 18.1 Å². The summed E-state index contributed by atoms with van der Waals surface area (Å²) in [5.74, 6) is -1.37. The van der Waals surface area contributed by atoms with E-state index in [2.05, 4.69) is 39.6 Å². The highest BCUT2D eigenvalue weighted by molar-refractivity contribution is 5.88. The van der Waals surface area contributed by atoms with Gasteiger partial charge in [0.05, 0.1) is 19.0 Å². The first-order chi connectivity index (χ1) is 14.3. The van der Waals surface area contributed by atoms with Crippen molar-refractivity contribution in [3.05, 3.63) is 47.0 Å². The van der Waals surface area contributed by atoms with E-state index in [0.717, 1.165) is 11.1 Å². The molecule has 30 heavy (non-hydrogen) atoms. The van der Waals surface area contributed by atoms with E-state index in [1.165, 1.54) is 10.5 Å². The van der Waals surface area contributed by atoms with E-state index in [4.69, 9.17) is 5.73 Å². The average molecular weight is 416 g/mol. The predicted octanol–water partition coefficient (Wildman–Crippen LogP) is -0.679. The van der Waals surface area contributed by atoms with Crippen LogP contribution < -0.4 is 16.4 Å². The maximum Gasteiger partial charge on any atom is 0.310 e. The fraction of sp³-hybridized carbons (Fsp3) is 0.476. The molecule has 9 heteroatoms. The number of nitrogens with one attached hydrogen (secondary N) is 2. The number of carbonyl (C=O) groups is 3. The van der Waals surface area contributed by atoms with Crippen LogP contribution in [-0.2, 0) is 25.7 Å². The van der Waals surface area contributed by atoms with E-state index >= 15 is 0 Å². The van der Waals surface area contributed by atoms with Gasteiger partial charge >= 0.3 is 5.97 Å². The number of cyclic esters (lactones) is 1. The lowest BCUT2D eigenvalue weighted by molar-refractivity contribution is -0.155. The molecule has 0 bridgehead atoms. The van der Waals surface area contributed by atoms with Gasteiger partial charge in [0.1, 0.15) is 6.04 Å². The third kappa shape index (κ3) is 5.88. The average Bonchev–Trinajstić information content (AvgIpc) is 2.95. The summed E-state index contributed by atoms with van der Waals surface area (Å²) in [4.78, 5) is 37.5. The second-order valence-corrected chi connectivity index (χ2v) is 7.75. The molecule has 0 aromatic heterocycles. The van der Waals surface area contributed by atoms with Crippen molar-refractivity contribution >= 4 is 17.8 Å². The fourth-order valence-corrected chi connectivity index (χ4v) is 3.45. The molecule has 2 aliphatic rings. The molecule has 0 aliphatic carbocycles. The SMILES string of the molecule is Cc1ccc(CNCC2=CCC(N)C(=O)N(CC(=O)NC3CC(=O)OC3O)C2)cc1. The van der Waals surface area contributed by atoms with E-state index in [1.54, 1.807) is 0 Å². The molecule has 3 rings (SSSR count). The van der Waals surface area contributed by atoms with Gasteiger partial charge in [0, 0.05) is 19.6 Å². The van der Waals surface area contributed by atoms with E-state index in [-0.39, 0.29) is 25.4 Å². The zero-order valence-corrected chi connectivity index (χ0v) is 17.0. The molecular formula is C21H28N4O5. The first-order valence-corrected chi connectivity index (χ1v) is 9.97. The highest BCUT2D eigenvalue weighted by Crippen LogP contribution is 2.14. The molecule has 1 aromatic rings. The third-order valence-corrected chi connectivity index (χ3v) is 5.15. The number of hydrogen-bond donors (Lipinski definition) is 4. The van der Waals surface area contributed by atoms with Gasteiger partial charge in [0.25, 0.3) is 0 Å². The summed E-state index contributed by atoms with van der Waals surface area (Å²) in [5, 5.41) is 15.5. The van der Waals surface area contributed by atoms with Gasteiger partial charge in [-0.25, -0.2) is 0 Å². The van der Waals surface area contributed by atoms with E-state index < -0.39 is 30.3 Å². The number of aliphatic hydroxyl groups excluding tert-OH is 1. The normalized spacial score (nSPS) is 24.3. The minimum absolute atomic E-state index is 0.103. The lowest BCUT2D eigenvalue weighted by Crippen LogP contribution is -2.50. The number of nitrogens with two attached hydrogens (primary N) is 1. The van der Waals surface area contributed by atoms with Crippen molar-refractivity contribution < 1.29 is 24.2 Å². The standard InChI is InChI=1S/C21H28N4O5/c1-13-2-4-14(5-3-13)9-23-10-15-6-7-16(22)20(28)25(11-15)12-18(26)24-17-8-19(27)30-21(17)29/h2-6,16-17,21,23,29H,7-12,22H2,1H3,(H,24,26). The molecule has 0 saturated carbocycles. The molecule has 0 radical (unpaired) electrons. The molecule has 2 heterocycles. The van der Waals surface area contributed by atoms with Crippen molar-refractivity contribution in [2.45, 2.75) is 44.7 Å². The highest BCUT2D eigenvalue weighted by atomic mass is 16.6. The number of nitrogens with zero attached hydrogens (tertiary/aromatic N) is 1. The minimum Gasteiger partial charge on any atom is -0.434 e. The van der Waals surface area contributed by atoms with Crippen molar-refractivity contribution in [2.24, 2.45) is 5.73 Å². The number of amides is 2. The Balaban J connectivity index is 1.53. The lowest BCUT2D eigenvalue weighted by atomic mass is 10.1. The molecule has 1 fully saturated rings. The molecule has 2 aliphatic heterocycles. The summed E-state index contributed by atoms with van der Waals surface area (Å²) in [5.41, 5.74) is 9.28. The van der Waals surface area contributed by atoms with Crippen molar-refractivity contribution in [3.8, 4) is 0 Å². The van der Waals surface area contributed by atoms with Crippen molar-refractivity contribution in [1.29, 1.82) is 0 Å². The molecule has 5 N–H and O–H groups in total. The second kappa shape index (κ2) is 9.84. The summed E-state index contributed by atoms with van der Waals surface area (Å²) in [6.07, 6.45) is 0.872. The number of hydrogen-bond acceptors (Lipinski definition) is 7. The Labute approximate surface area is 175 Å². The molecule has 2 amide bonds. The molecule has 9 nitrogen and oxygen atoms in total. The van der Waals surface area contributed by atoms with Gasteiger partial charge in [-0.2, -0.15) is 0 Å². The summed E-state index contributed by atoms with van der Waals surface area (Å²) < 4.78 is 4.61. The van der Waals surface area contributed by atoms with Crippen molar-refractivity contribution in [1.82, 2.24) is 15.5 Å². The Bertz CT molecular complexity index is 823. The van der Waals surface area contributed by atoms with Crippen LogP contribution in [0.2, 0.25) is 0 Å². The van der Waals surface area contributed by atoms with Gasteiger partial charge in [0.15, 0.2) is 0 Å². The monoisotopic (exact) mass is 416 g/mol. The van der Waals surface area contributed by atoms with Crippen LogP contribution in [0.5, 0.6) is 0 Å². The van der Waals surface area contributed by atoms with Gasteiger partial charge in [-0.05, 0) is 24.5 Å². The minimum atomic E-state index is -1.37. The first kappa shape index (κ1) is 21.9. The van der Waals surface area contributed by atoms with Crippen LogP contribution in [0.25, 0.3) is 0 Å². The Kier molecular flexibility index (Phi) is 7.20. The van der Waals surface area contributed by atoms with Crippen LogP contribution in [0.4, 0.5) is 0 Å². The van der Waals surface area contributed by atoms with Crippen molar-refractivity contribution in [3.63, 3.8) is 0 Å². The number of aryl methyl sites for hydroxylation is 1.